The number of rotatable bonds is 7. The minimum absolute atomic E-state index is 0.122. The summed E-state index contributed by atoms with van der Waals surface area (Å²) < 4.78 is 0. The molecule has 3 heteroatoms. The smallest absolute Gasteiger partial charge is 0.227 e. The summed E-state index contributed by atoms with van der Waals surface area (Å²) in [6.07, 6.45) is 5.15. The first kappa shape index (κ1) is 16.0. The van der Waals surface area contributed by atoms with Gasteiger partial charge in [0.2, 0.25) is 5.91 Å². The molecule has 116 valence electrons. The van der Waals surface area contributed by atoms with Crippen molar-refractivity contribution in [1.29, 1.82) is 0 Å². The van der Waals surface area contributed by atoms with Crippen LogP contribution in [0, 0.1) is 5.41 Å². The topological polar surface area (TPSA) is 55.1 Å². The minimum atomic E-state index is -0.401. The standard InChI is InChI=1S/C18H28N2O/c1-3-17(4-2,13-19)16(21)20-14-18(11-8-12-18)15-9-6-5-7-10-15/h5-7,9-10H,3-4,8,11-14,19H2,1-2H3,(H,20,21). The van der Waals surface area contributed by atoms with Gasteiger partial charge in [-0.25, -0.2) is 0 Å². The fourth-order valence-corrected chi connectivity index (χ4v) is 3.35. The third-order valence-electron chi connectivity index (χ3n) is 5.51. The molecule has 1 aromatic rings. The van der Waals surface area contributed by atoms with E-state index < -0.39 is 5.41 Å². The highest BCUT2D eigenvalue weighted by atomic mass is 16.2. The van der Waals surface area contributed by atoms with Crippen LogP contribution in [0.5, 0.6) is 0 Å². The first-order valence-corrected chi connectivity index (χ1v) is 8.16. The second-order valence-corrected chi connectivity index (χ2v) is 6.37. The van der Waals surface area contributed by atoms with Crippen molar-refractivity contribution < 1.29 is 4.79 Å². The van der Waals surface area contributed by atoms with Crippen molar-refractivity contribution in [1.82, 2.24) is 5.32 Å². The number of hydrogen-bond donors (Lipinski definition) is 2. The fraction of sp³-hybridized carbons (Fsp3) is 0.611. The van der Waals surface area contributed by atoms with E-state index in [-0.39, 0.29) is 11.3 Å². The highest BCUT2D eigenvalue weighted by Crippen LogP contribution is 2.43. The molecule has 0 heterocycles. The number of carbonyl (C=O) groups is 1. The molecule has 3 nitrogen and oxygen atoms in total. The Morgan fingerprint density at radius 3 is 2.29 bits per heavy atom. The molecule has 1 amide bonds. The Labute approximate surface area is 128 Å². The molecule has 0 saturated heterocycles. The summed E-state index contributed by atoms with van der Waals surface area (Å²) in [5, 5.41) is 3.20. The van der Waals surface area contributed by atoms with Gasteiger partial charge in [-0.05, 0) is 31.2 Å². The maximum Gasteiger partial charge on any atom is 0.227 e. The van der Waals surface area contributed by atoms with Gasteiger partial charge in [-0.15, -0.1) is 0 Å². The Bertz CT molecular complexity index is 453. The van der Waals surface area contributed by atoms with Crippen molar-refractivity contribution in [3.63, 3.8) is 0 Å². The molecule has 0 aliphatic heterocycles. The fourth-order valence-electron chi connectivity index (χ4n) is 3.35. The van der Waals surface area contributed by atoms with Crippen LogP contribution in [0.1, 0.15) is 51.5 Å². The summed E-state index contributed by atoms with van der Waals surface area (Å²) in [5.74, 6) is 0.122. The van der Waals surface area contributed by atoms with Gasteiger partial charge in [0.1, 0.15) is 0 Å². The number of hydrogen-bond acceptors (Lipinski definition) is 2. The Hall–Kier alpha value is -1.35. The van der Waals surface area contributed by atoms with E-state index in [0.29, 0.717) is 6.54 Å². The van der Waals surface area contributed by atoms with E-state index in [9.17, 15) is 4.79 Å². The Kier molecular flexibility index (Phi) is 5.04. The van der Waals surface area contributed by atoms with Crippen LogP contribution in [0.25, 0.3) is 0 Å². The van der Waals surface area contributed by atoms with E-state index in [0.717, 1.165) is 32.2 Å². The zero-order valence-corrected chi connectivity index (χ0v) is 13.3. The number of benzene rings is 1. The van der Waals surface area contributed by atoms with Gasteiger partial charge in [-0.1, -0.05) is 50.6 Å². The first-order chi connectivity index (χ1) is 10.1. The lowest BCUT2D eigenvalue weighted by atomic mass is 9.64. The predicted octanol–water partition coefficient (Wildman–Crippen LogP) is 2.99. The molecule has 0 spiro atoms. The van der Waals surface area contributed by atoms with Crippen LogP contribution < -0.4 is 11.1 Å². The monoisotopic (exact) mass is 288 g/mol. The van der Waals surface area contributed by atoms with Gasteiger partial charge in [0.05, 0.1) is 5.41 Å². The molecule has 0 radical (unpaired) electrons. The molecule has 1 aliphatic carbocycles. The van der Waals surface area contributed by atoms with Crippen molar-refractivity contribution in [2.75, 3.05) is 13.1 Å². The summed E-state index contributed by atoms with van der Waals surface area (Å²) >= 11 is 0. The van der Waals surface area contributed by atoms with Gasteiger partial charge in [0.25, 0.3) is 0 Å². The van der Waals surface area contributed by atoms with Crippen molar-refractivity contribution in [2.24, 2.45) is 11.1 Å². The molecule has 0 bridgehead atoms. The lowest BCUT2D eigenvalue weighted by Crippen LogP contribution is -2.51. The van der Waals surface area contributed by atoms with Crippen molar-refractivity contribution >= 4 is 5.91 Å². The number of nitrogens with two attached hydrogens (primary N) is 1. The average Bonchev–Trinajstić information content (AvgIpc) is 2.49. The van der Waals surface area contributed by atoms with E-state index in [1.165, 1.54) is 12.0 Å². The normalized spacial score (nSPS) is 17.1. The van der Waals surface area contributed by atoms with Crippen LogP contribution >= 0.6 is 0 Å². The summed E-state index contributed by atoms with van der Waals surface area (Å²) in [4.78, 5) is 12.6. The van der Waals surface area contributed by atoms with Crippen molar-refractivity contribution in [2.45, 2.75) is 51.4 Å². The molecule has 1 fully saturated rings. The molecule has 0 unspecified atom stereocenters. The van der Waals surface area contributed by atoms with Crippen LogP contribution in [-0.2, 0) is 10.2 Å². The van der Waals surface area contributed by atoms with Crippen LogP contribution in [-0.4, -0.2) is 19.0 Å². The molecule has 0 atom stereocenters. The van der Waals surface area contributed by atoms with E-state index in [4.69, 9.17) is 5.73 Å². The lowest BCUT2D eigenvalue weighted by Gasteiger charge is -2.43. The Balaban J connectivity index is 2.06. The SMILES string of the molecule is CCC(CC)(CN)C(=O)NCC1(c2ccccc2)CCC1. The molecule has 1 saturated carbocycles. The second-order valence-electron chi connectivity index (χ2n) is 6.37. The van der Waals surface area contributed by atoms with Gasteiger partial charge in [0, 0.05) is 18.5 Å². The predicted molar refractivity (Wildman–Crippen MR) is 87.1 cm³/mol. The third kappa shape index (κ3) is 2.98. The summed E-state index contributed by atoms with van der Waals surface area (Å²) in [5.41, 5.74) is 6.95. The van der Waals surface area contributed by atoms with Crippen LogP contribution in [0.3, 0.4) is 0 Å². The van der Waals surface area contributed by atoms with Gasteiger partial charge in [0.15, 0.2) is 0 Å². The summed E-state index contributed by atoms with van der Waals surface area (Å²) in [7, 11) is 0. The zero-order valence-electron chi connectivity index (χ0n) is 13.3. The van der Waals surface area contributed by atoms with Gasteiger partial charge < -0.3 is 11.1 Å². The maximum absolute atomic E-state index is 12.6. The van der Waals surface area contributed by atoms with E-state index in [1.54, 1.807) is 0 Å². The van der Waals surface area contributed by atoms with Crippen LogP contribution in [0.15, 0.2) is 30.3 Å². The zero-order chi connectivity index (χ0) is 15.3. The highest BCUT2D eigenvalue weighted by molar-refractivity contribution is 5.83. The van der Waals surface area contributed by atoms with Crippen LogP contribution in [0.4, 0.5) is 0 Å². The molecule has 1 aliphatic rings. The van der Waals surface area contributed by atoms with E-state index in [2.05, 4.69) is 29.6 Å². The first-order valence-electron chi connectivity index (χ1n) is 8.16. The third-order valence-corrected chi connectivity index (χ3v) is 5.51. The molecular formula is C18H28N2O. The van der Waals surface area contributed by atoms with Crippen LogP contribution in [0.2, 0.25) is 0 Å². The quantitative estimate of drug-likeness (QED) is 0.810. The average molecular weight is 288 g/mol. The second kappa shape index (κ2) is 6.61. The number of carbonyl (C=O) groups excluding carboxylic acids is 1. The number of amides is 1. The van der Waals surface area contributed by atoms with Gasteiger partial charge in [-0.3, -0.25) is 4.79 Å². The number of nitrogens with one attached hydrogen (secondary N) is 1. The largest absolute Gasteiger partial charge is 0.355 e. The molecule has 2 rings (SSSR count). The van der Waals surface area contributed by atoms with E-state index >= 15 is 0 Å². The summed E-state index contributed by atoms with van der Waals surface area (Å²) in [6, 6.07) is 10.6. The maximum atomic E-state index is 12.6. The summed E-state index contributed by atoms with van der Waals surface area (Å²) in [6.45, 7) is 5.25. The highest BCUT2D eigenvalue weighted by Gasteiger charge is 2.40. The van der Waals surface area contributed by atoms with Crippen molar-refractivity contribution in [3.8, 4) is 0 Å². The Morgan fingerprint density at radius 2 is 1.86 bits per heavy atom. The van der Waals surface area contributed by atoms with Gasteiger partial charge >= 0.3 is 0 Å². The molecule has 0 aromatic heterocycles. The molecule has 3 N–H and O–H groups in total. The van der Waals surface area contributed by atoms with Gasteiger partial charge in [-0.2, -0.15) is 0 Å². The minimum Gasteiger partial charge on any atom is -0.355 e. The van der Waals surface area contributed by atoms with E-state index in [1.807, 2.05) is 19.9 Å². The van der Waals surface area contributed by atoms with Crippen molar-refractivity contribution in [3.05, 3.63) is 35.9 Å². The Morgan fingerprint density at radius 1 is 1.24 bits per heavy atom. The molecule has 21 heavy (non-hydrogen) atoms. The molecular weight excluding hydrogens is 260 g/mol. The lowest BCUT2D eigenvalue weighted by molar-refractivity contribution is -0.131. The molecule has 1 aromatic carbocycles.